The standard InChI is InChI=1S/C14H18ClN5O2/c1-14(2,3)22-13(21)20(10-9-19-8-4-6-17-19)11-5-7-16-12(15)18-11/h4-8H,9-10H2,1-3H3. The third-order valence-corrected chi connectivity index (χ3v) is 2.80. The van der Waals surface area contributed by atoms with Gasteiger partial charge in [0.15, 0.2) is 0 Å². The third-order valence-electron chi connectivity index (χ3n) is 2.61. The SMILES string of the molecule is CC(C)(C)OC(=O)N(CCn1cccn1)c1ccnc(Cl)n1. The van der Waals surface area contributed by atoms with E-state index in [2.05, 4.69) is 15.1 Å². The van der Waals surface area contributed by atoms with E-state index in [1.165, 1.54) is 11.1 Å². The van der Waals surface area contributed by atoms with E-state index in [4.69, 9.17) is 16.3 Å². The quantitative estimate of drug-likeness (QED) is 0.809. The summed E-state index contributed by atoms with van der Waals surface area (Å²) >= 11 is 5.81. The van der Waals surface area contributed by atoms with Crippen LogP contribution in [0.2, 0.25) is 5.28 Å². The van der Waals surface area contributed by atoms with E-state index in [9.17, 15) is 4.79 Å². The van der Waals surface area contributed by atoms with E-state index in [-0.39, 0.29) is 5.28 Å². The van der Waals surface area contributed by atoms with Gasteiger partial charge in [-0.2, -0.15) is 5.10 Å². The molecule has 2 rings (SSSR count). The van der Waals surface area contributed by atoms with Gasteiger partial charge in [0.25, 0.3) is 0 Å². The molecule has 22 heavy (non-hydrogen) atoms. The lowest BCUT2D eigenvalue weighted by molar-refractivity contribution is 0.0577. The summed E-state index contributed by atoms with van der Waals surface area (Å²) in [6.07, 6.45) is 4.50. The number of hydrogen-bond acceptors (Lipinski definition) is 5. The molecule has 2 aromatic rings. The second-order valence-electron chi connectivity index (χ2n) is 5.58. The first kappa shape index (κ1) is 16.2. The predicted octanol–water partition coefficient (Wildman–Crippen LogP) is 2.77. The Morgan fingerprint density at radius 2 is 2.18 bits per heavy atom. The van der Waals surface area contributed by atoms with Gasteiger partial charge in [0, 0.05) is 18.6 Å². The van der Waals surface area contributed by atoms with Crippen molar-refractivity contribution in [1.29, 1.82) is 0 Å². The molecule has 0 saturated carbocycles. The Morgan fingerprint density at radius 3 is 2.77 bits per heavy atom. The van der Waals surface area contributed by atoms with Gasteiger partial charge in [-0.3, -0.25) is 9.58 Å². The number of carbonyl (C=O) groups is 1. The zero-order chi connectivity index (χ0) is 16.2. The molecule has 118 valence electrons. The van der Waals surface area contributed by atoms with Gasteiger partial charge in [-0.05, 0) is 44.5 Å². The molecule has 2 aromatic heterocycles. The van der Waals surface area contributed by atoms with E-state index < -0.39 is 11.7 Å². The molecule has 0 saturated heterocycles. The highest BCUT2D eigenvalue weighted by Crippen LogP contribution is 2.17. The Labute approximate surface area is 133 Å². The molecule has 0 unspecified atom stereocenters. The smallest absolute Gasteiger partial charge is 0.416 e. The maximum atomic E-state index is 12.4. The monoisotopic (exact) mass is 323 g/mol. The molecule has 0 N–H and O–H groups in total. The Hall–Kier alpha value is -2.15. The molecule has 0 aliphatic carbocycles. The maximum absolute atomic E-state index is 12.4. The number of carbonyl (C=O) groups excluding carboxylic acids is 1. The first-order chi connectivity index (χ1) is 10.3. The van der Waals surface area contributed by atoms with Gasteiger partial charge in [0.1, 0.15) is 11.4 Å². The van der Waals surface area contributed by atoms with Gasteiger partial charge < -0.3 is 4.74 Å². The summed E-state index contributed by atoms with van der Waals surface area (Å²) in [7, 11) is 0. The first-order valence-electron chi connectivity index (χ1n) is 6.82. The van der Waals surface area contributed by atoms with Gasteiger partial charge in [-0.1, -0.05) is 0 Å². The molecule has 0 bridgehead atoms. The average Bonchev–Trinajstić information content (AvgIpc) is 2.90. The number of nitrogens with zero attached hydrogens (tertiary/aromatic N) is 5. The molecule has 0 atom stereocenters. The lowest BCUT2D eigenvalue weighted by Gasteiger charge is -2.26. The van der Waals surface area contributed by atoms with E-state index in [0.717, 1.165) is 0 Å². The van der Waals surface area contributed by atoms with Gasteiger partial charge in [-0.25, -0.2) is 14.8 Å². The van der Waals surface area contributed by atoms with Crippen molar-refractivity contribution in [3.8, 4) is 0 Å². The number of ether oxygens (including phenoxy) is 1. The number of aromatic nitrogens is 4. The largest absolute Gasteiger partial charge is 0.443 e. The molecular formula is C14H18ClN5O2. The van der Waals surface area contributed by atoms with Crippen LogP contribution >= 0.6 is 11.6 Å². The Morgan fingerprint density at radius 1 is 1.41 bits per heavy atom. The molecule has 0 radical (unpaired) electrons. The molecule has 0 fully saturated rings. The van der Waals surface area contributed by atoms with Crippen LogP contribution in [0.4, 0.5) is 10.6 Å². The number of halogens is 1. The minimum Gasteiger partial charge on any atom is -0.443 e. The molecule has 1 amide bonds. The van der Waals surface area contributed by atoms with Crippen LogP contribution in [0.1, 0.15) is 20.8 Å². The van der Waals surface area contributed by atoms with E-state index in [1.807, 2.05) is 33.0 Å². The van der Waals surface area contributed by atoms with Crippen molar-refractivity contribution in [3.63, 3.8) is 0 Å². The number of rotatable bonds is 4. The van der Waals surface area contributed by atoms with Gasteiger partial charge in [-0.15, -0.1) is 0 Å². The van der Waals surface area contributed by atoms with Crippen LogP contribution in [0, 0.1) is 0 Å². The summed E-state index contributed by atoms with van der Waals surface area (Å²) in [6.45, 7) is 6.29. The first-order valence-corrected chi connectivity index (χ1v) is 7.19. The second kappa shape index (κ2) is 6.74. The van der Waals surface area contributed by atoms with Crippen LogP contribution in [0.15, 0.2) is 30.7 Å². The maximum Gasteiger partial charge on any atom is 0.416 e. The van der Waals surface area contributed by atoms with Gasteiger partial charge in [0.2, 0.25) is 5.28 Å². The zero-order valence-corrected chi connectivity index (χ0v) is 13.5. The second-order valence-corrected chi connectivity index (χ2v) is 5.92. The van der Waals surface area contributed by atoms with Crippen LogP contribution in [0.25, 0.3) is 0 Å². The Balaban J connectivity index is 2.18. The lowest BCUT2D eigenvalue weighted by atomic mass is 10.2. The highest BCUT2D eigenvalue weighted by Gasteiger charge is 2.24. The van der Waals surface area contributed by atoms with Crippen LogP contribution in [-0.4, -0.2) is 38.0 Å². The average molecular weight is 324 g/mol. The molecule has 0 aliphatic rings. The normalized spacial score (nSPS) is 11.3. The van der Waals surface area contributed by atoms with Gasteiger partial charge >= 0.3 is 6.09 Å². The van der Waals surface area contributed by atoms with Crippen molar-refractivity contribution in [2.45, 2.75) is 32.9 Å². The van der Waals surface area contributed by atoms with E-state index in [0.29, 0.717) is 18.9 Å². The van der Waals surface area contributed by atoms with Crippen LogP contribution < -0.4 is 4.90 Å². The minimum atomic E-state index is -0.599. The van der Waals surface area contributed by atoms with Crippen LogP contribution in [0.5, 0.6) is 0 Å². The zero-order valence-electron chi connectivity index (χ0n) is 12.7. The lowest BCUT2D eigenvalue weighted by Crippen LogP contribution is -2.39. The van der Waals surface area contributed by atoms with Crippen molar-refractivity contribution >= 4 is 23.5 Å². The van der Waals surface area contributed by atoms with Crippen molar-refractivity contribution in [3.05, 3.63) is 36.0 Å². The molecule has 8 heteroatoms. The molecule has 0 aliphatic heterocycles. The number of amides is 1. The predicted molar refractivity (Wildman–Crippen MR) is 82.8 cm³/mol. The molecule has 2 heterocycles. The van der Waals surface area contributed by atoms with E-state index >= 15 is 0 Å². The number of hydrogen-bond donors (Lipinski definition) is 0. The van der Waals surface area contributed by atoms with Crippen molar-refractivity contribution in [2.24, 2.45) is 0 Å². The Bertz CT molecular complexity index is 624. The van der Waals surface area contributed by atoms with Crippen LogP contribution in [0.3, 0.4) is 0 Å². The van der Waals surface area contributed by atoms with Crippen molar-refractivity contribution < 1.29 is 9.53 Å². The molecule has 0 spiro atoms. The number of anilines is 1. The molecule has 7 nitrogen and oxygen atoms in total. The summed E-state index contributed by atoms with van der Waals surface area (Å²) in [6, 6.07) is 3.43. The third kappa shape index (κ3) is 4.70. The van der Waals surface area contributed by atoms with E-state index in [1.54, 1.807) is 16.9 Å². The van der Waals surface area contributed by atoms with Crippen molar-refractivity contribution in [1.82, 2.24) is 19.7 Å². The Kier molecular flexibility index (Phi) is 4.97. The summed E-state index contributed by atoms with van der Waals surface area (Å²) in [5.74, 6) is 0.390. The topological polar surface area (TPSA) is 73.1 Å². The van der Waals surface area contributed by atoms with Gasteiger partial charge in [0.05, 0.1) is 13.1 Å². The molecular weight excluding hydrogens is 306 g/mol. The van der Waals surface area contributed by atoms with Crippen molar-refractivity contribution in [2.75, 3.05) is 11.4 Å². The summed E-state index contributed by atoms with van der Waals surface area (Å²) in [5.41, 5.74) is -0.599. The highest BCUT2D eigenvalue weighted by molar-refractivity contribution is 6.28. The fraction of sp³-hybridized carbons (Fsp3) is 0.429. The fourth-order valence-corrected chi connectivity index (χ4v) is 1.87. The summed E-state index contributed by atoms with van der Waals surface area (Å²) < 4.78 is 7.14. The molecule has 0 aromatic carbocycles. The highest BCUT2D eigenvalue weighted by atomic mass is 35.5. The minimum absolute atomic E-state index is 0.0742. The fourth-order valence-electron chi connectivity index (χ4n) is 1.73. The summed E-state index contributed by atoms with van der Waals surface area (Å²) in [5, 5.41) is 4.19. The van der Waals surface area contributed by atoms with Crippen LogP contribution in [-0.2, 0) is 11.3 Å². The summed E-state index contributed by atoms with van der Waals surface area (Å²) in [4.78, 5) is 21.7.